The first-order valence-electron chi connectivity index (χ1n) is 11.1. The number of hydrogen-bond acceptors (Lipinski definition) is 8. The molecule has 0 N–H and O–H groups in total. The van der Waals surface area contributed by atoms with Crippen LogP contribution in [-0.2, 0) is 23.6 Å². The fourth-order valence-electron chi connectivity index (χ4n) is 3.43. The van der Waals surface area contributed by atoms with Crippen molar-refractivity contribution >= 4 is 35.0 Å². The molecule has 0 bridgehead atoms. The van der Waals surface area contributed by atoms with Crippen molar-refractivity contribution in [1.29, 1.82) is 0 Å². The molecule has 0 atom stereocenters. The van der Waals surface area contributed by atoms with Crippen LogP contribution >= 0.6 is 7.60 Å². The number of halogens is 1. The van der Waals surface area contributed by atoms with Gasteiger partial charge in [0, 0.05) is 12.1 Å². The Labute approximate surface area is 205 Å². The molecular weight excluding hydrogens is 496 g/mol. The molecule has 9 nitrogen and oxygen atoms in total. The van der Waals surface area contributed by atoms with E-state index in [2.05, 4.69) is 9.50 Å². The summed E-state index contributed by atoms with van der Waals surface area (Å²) >= 11 is 0. The normalized spacial score (nSPS) is 14.9. The molecule has 0 aliphatic carbocycles. The monoisotopic (exact) mass is 525 g/mol. The molecule has 2 aromatic rings. The Morgan fingerprint density at radius 1 is 1.14 bits per heavy atom. The summed E-state index contributed by atoms with van der Waals surface area (Å²) < 4.78 is 72.5. The van der Waals surface area contributed by atoms with Crippen LogP contribution < -0.4 is 10.0 Å². The van der Waals surface area contributed by atoms with E-state index in [-0.39, 0.29) is 40.9 Å². The molecule has 1 aliphatic rings. The lowest BCUT2D eigenvalue weighted by atomic mass is 10.1. The number of sulfonamides is 1. The smallest absolute Gasteiger partial charge is 0.361 e. The molecular formula is C23H29FN3O6PS. The molecule has 0 saturated carbocycles. The second-order valence-corrected chi connectivity index (χ2v) is 11.6. The number of amidine groups is 1. The van der Waals surface area contributed by atoms with Gasteiger partial charge in [0.1, 0.15) is 4.90 Å². The third kappa shape index (κ3) is 5.98. The zero-order valence-electron chi connectivity index (χ0n) is 20.3. The van der Waals surface area contributed by atoms with Crippen LogP contribution in [0.1, 0.15) is 38.8 Å². The average molecular weight is 526 g/mol. The molecule has 3 rings (SSSR count). The molecule has 2 aromatic carbocycles. The fraction of sp³-hybridized carbons (Fsp3) is 0.391. The van der Waals surface area contributed by atoms with Crippen LogP contribution in [0.25, 0.3) is 0 Å². The highest BCUT2D eigenvalue weighted by molar-refractivity contribution is 7.90. The molecule has 1 aliphatic heterocycles. The summed E-state index contributed by atoms with van der Waals surface area (Å²) in [7, 11) is -6.40. The van der Waals surface area contributed by atoms with Crippen LogP contribution in [0.2, 0.25) is 0 Å². The topological polar surface area (TPSA) is 107 Å². The molecule has 190 valence electrons. The van der Waals surface area contributed by atoms with Gasteiger partial charge in [0.25, 0.3) is 10.0 Å². The Bertz CT molecular complexity index is 1290. The van der Waals surface area contributed by atoms with Crippen molar-refractivity contribution in [2.45, 2.75) is 32.6 Å². The summed E-state index contributed by atoms with van der Waals surface area (Å²) in [5.74, 6) is -0.194. The van der Waals surface area contributed by atoms with Gasteiger partial charge in [0.15, 0.2) is 17.4 Å². The minimum absolute atomic E-state index is 0.0658. The second kappa shape index (κ2) is 11.0. The van der Waals surface area contributed by atoms with Crippen molar-refractivity contribution in [3.63, 3.8) is 0 Å². The number of rotatable bonds is 10. The van der Waals surface area contributed by atoms with E-state index in [9.17, 15) is 17.4 Å². The third-order valence-corrected chi connectivity index (χ3v) is 8.32. The molecule has 0 unspecified atom stereocenters. The average Bonchev–Trinajstić information content (AvgIpc) is 3.08. The number of nitrogens with zero attached hydrogens (tertiary/aromatic N) is 3. The van der Waals surface area contributed by atoms with Crippen LogP contribution in [0.5, 0.6) is 5.75 Å². The van der Waals surface area contributed by atoms with Gasteiger partial charge in [-0.15, -0.1) is 4.40 Å². The van der Waals surface area contributed by atoms with E-state index in [1.54, 1.807) is 13.8 Å². The largest absolute Gasteiger partial charge is 0.494 e. The van der Waals surface area contributed by atoms with Crippen LogP contribution in [0.4, 0.5) is 4.39 Å². The van der Waals surface area contributed by atoms with Gasteiger partial charge >= 0.3 is 7.60 Å². The Morgan fingerprint density at radius 3 is 2.43 bits per heavy atom. The van der Waals surface area contributed by atoms with E-state index in [0.717, 1.165) is 0 Å². The lowest BCUT2D eigenvalue weighted by Crippen LogP contribution is -2.30. The van der Waals surface area contributed by atoms with E-state index in [4.69, 9.17) is 13.8 Å². The van der Waals surface area contributed by atoms with E-state index in [1.165, 1.54) is 54.7 Å². The zero-order valence-corrected chi connectivity index (χ0v) is 22.0. The third-order valence-electron chi connectivity index (χ3n) is 4.91. The van der Waals surface area contributed by atoms with Crippen LogP contribution in [0.3, 0.4) is 0 Å². The van der Waals surface area contributed by atoms with Crippen molar-refractivity contribution in [1.82, 2.24) is 5.01 Å². The number of hydrazone groups is 1. The number of ether oxygens (including phenoxy) is 1. The fourth-order valence-corrected chi connectivity index (χ4v) is 6.35. The van der Waals surface area contributed by atoms with Gasteiger partial charge in [-0.3, -0.25) is 4.57 Å². The molecule has 0 fully saturated rings. The number of fused-ring (bicyclic) bond motifs is 1. The van der Waals surface area contributed by atoms with E-state index >= 15 is 0 Å². The molecule has 12 heteroatoms. The minimum atomic E-state index is -4.08. The van der Waals surface area contributed by atoms with Crippen molar-refractivity contribution in [2.75, 3.05) is 26.9 Å². The number of methoxy groups -OCH3 is 1. The standard InChI is InChI=1S/C23H29FN3O6PS/c1-6-32-34(28,33-7-2)18-9-10-19-22(13-18)35(29,30)26-23(19)27(15-16(3)4)25-14-17-8-11-20(24)21(12-17)31-5/h8-14,16H,6-7,15H2,1-5H3/b25-14+. The highest BCUT2D eigenvalue weighted by Crippen LogP contribution is 2.47. The van der Waals surface area contributed by atoms with Crippen molar-refractivity contribution in [3.05, 3.63) is 53.3 Å². The lowest BCUT2D eigenvalue weighted by molar-refractivity contribution is 0.230. The summed E-state index contributed by atoms with van der Waals surface area (Å²) in [4.78, 5) is -0.1000. The molecule has 0 saturated heterocycles. The SMILES string of the molecule is CCOP(=O)(OCC)c1ccc2c(c1)S(=O)(=O)N=C2N(CC(C)C)/N=C/c1ccc(F)c(OC)c1. The first kappa shape index (κ1) is 27.0. The second-order valence-electron chi connectivity index (χ2n) is 8.02. The maximum atomic E-state index is 13.7. The highest BCUT2D eigenvalue weighted by Gasteiger charge is 2.36. The first-order chi connectivity index (χ1) is 16.5. The highest BCUT2D eigenvalue weighted by atomic mass is 32.2. The molecule has 0 radical (unpaired) electrons. The molecule has 0 amide bonds. The predicted octanol–water partition coefficient (Wildman–Crippen LogP) is 4.17. The number of hydrogen-bond donors (Lipinski definition) is 0. The van der Waals surface area contributed by atoms with Crippen molar-refractivity contribution < 1.29 is 31.2 Å². The maximum Gasteiger partial charge on any atom is 0.361 e. The minimum Gasteiger partial charge on any atom is -0.494 e. The molecule has 1 heterocycles. The molecule has 0 spiro atoms. The van der Waals surface area contributed by atoms with Crippen molar-refractivity contribution in [2.24, 2.45) is 15.4 Å². The Hall–Kier alpha value is -2.59. The summed E-state index contributed by atoms with van der Waals surface area (Å²) in [6, 6.07) is 8.61. The maximum absolute atomic E-state index is 13.7. The predicted molar refractivity (Wildman–Crippen MR) is 133 cm³/mol. The van der Waals surface area contributed by atoms with Crippen LogP contribution in [-0.4, -0.2) is 52.3 Å². The number of benzene rings is 2. The first-order valence-corrected chi connectivity index (χ1v) is 14.1. The van der Waals surface area contributed by atoms with Gasteiger partial charge in [-0.25, -0.2) is 9.40 Å². The van der Waals surface area contributed by atoms with E-state index in [0.29, 0.717) is 17.7 Å². The van der Waals surface area contributed by atoms with Gasteiger partial charge < -0.3 is 13.8 Å². The zero-order chi connectivity index (χ0) is 25.8. The van der Waals surface area contributed by atoms with Gasteiger partial charge in [0.05, 0.1) is 31.8 Å². The Kier molecular flexibility index (Phi) is 8.48. The summed E-state index contributed by atoms with van der Waals surface area (Å²) in [5, 5.41) is 6.06. The molecule has 0 aromatic heterocycles. The summed E-state index contributed by atoms with van der Waals surface area (Å²) in [6.45, 7) is 7.89. The van der Waals surface area contributed by atoms with E-state index < -0.39 is 23.4 Å². The van der Waals surface area contributed by atoms with Gasteiger partial charge in [-0.2, -0.15) is 13.5 Å². The quantitative estimate of drug-likeness (QED) is 0.260. The van der Waals surface area contributed by atoms with Gasteiger partial charge in [-0.1, -0.05) is 19.9 Å². The Morgan fingerprint density at radius 2 is 1.83 bits per heavy atom. The van der Waals surface area contributed by atoms with Crippen LogP contribution in [0, 0.1) is 11.7 Å². The van der Waals surface area contributed by atoms with Crippen LogP contribution in [0.15, 0.2) is 50.8 Å². The summed E-state index contributed by atoms with van der Waals surface area (Å²) in [6.07, 6.45) is 1.48. The van der Waals surface area contributed by atoms with Gasteiger partial charge in [-0.05, 0) is 55.7 Å². The molecule has 35 heavy (non-hydrogen) atoms. The lowest BCUT2D eigenvalue weighted by Gasteiger charge is -2.21. The van der Waals surface area contributed by atoms with Gasteiger partial charge in [0.2, 0.25) is 0 Å². The van der Waals surface area contributed by atoms with E-state index in [1.807, 2.05) is 13.8 Å². The Balaban J connectivity index is 2.04. The van der Waals surface area contributed by atoms with Crippen molar-refractivity contribution in [3.8, 4) is 5.75 Å². The summed E-state index contributed by atoms with van der Waals surface area (Å²) in [5.41, 5.74) is 0.881.